The van der Waals surface area contributed by atoms with Crippen LogP contribution in [0, 0.1) is 5.82 Å². The Labute approximate surface area is 168 Å². The molecule has 8 heteroatoms. The molecule has 0 aromatic heterocycles. The second-order valence-electron chi connectivity index (χ2n) is 7.25. The molecule has 1 N–H and O–H groups in total. The van der Waals surface area contributed by atoms with E-state index in [4.69, 9.17) is 0 Å². The second-order valence-corrected chi connectivity index (χ2v) is 7.25. The van der Waals surface area contributed by atoms with E-state index in [1.54, 1.807) is 30.1 Å². The van der Waals surface area contributed by atoms with E-state index < -0.39 is 24.1 Å². The average molecular weight is 395 g/mol. The Balaban J connectivity index is 1.68. The average Bonchev–Trinajstić information content (AvgIpc) is 3.09. The number of benzene rings is 2. The summed E-state index contributed by atoms with van der Waals surface area (Å²) in [6.45, 7) is 0.730. The van der Waals surface area contributed by atoms with E-state index in [-0.39, 0.29) is 12.4 Å². The van der Waals surface area contributed by atoms with Gasteiger partial charge in [-0.15, -0.1) is 0 Å². The molecule has 29 heavy (non-hydrogen) atoms. The lowest BCUT2D eigenvalue weighted by Crippen LogP contribution is -2.64. The first kappa shape index (κ1) is 18.9. The zero-order valence-corrected chi connectivity index (χ0v) is 16.2. The highest BCUT2D eigenvalue weighted by Crippen LogP contribution is 2.28. The van der Waals surface area contributed by atoms with Crippen molar-refractivity contribution in [3.05, 3.63) is 71.5 Å². The van der Waals surface area contributed by atoms with Crippen molar-refractivity contribution in [3.63, 3.8) is 0 Å². The van der Waals surface area contributed by atoms with Crippen LogP contribution in [0.1, 0.15) is 11.1 Å². The Morgan fingerprint density at radius 1 is 1.10 bits per heavy atom. The standard InChI is InChI=1S/C21H22FN5O2/c1-25(12-14-8-4-3-5-9-14)20-23-18-17(19(28)24-21(29)26(18)2)27(20)13-15-10-6-7-11-16(15)22/h3-11,17-18H,12-13H2,1-2H3,(H,24,28,29). The summed E-state index contributed by atoms with van der Waals surface area (Å²) in [4.78, 5) is 34.5. The molecule has 2 aliphatic heterocycles. The fraction of sp³-hybridized carbons (Fsp3) is 0.286. The lowest BCUT2D eigenvalue weighted by Gasteiger charge is -2.37. The van der Waals surface area contributed by atoms with Gasteiger partial charge in [-0.05, 0) is 11.6 Å². The van der Waals surface area contributed by atoms with Gasteiger partial charge in [0.25, 0.3) is 5.91 Å². The number of aliphatic imine (C=N–C) groups is 1. The number of guanidine groups is 1. The van der Waals surface area contributed by atoms with Crippen LogP contribution in [0.15, 0.2) is 59.6 Å². The lowest BCUT2D eigenvalue weighted by molar-refractivity contribution is -0.127. The third-order valence-corrected chi connectivity index (χ3v) is 5.24. The number of urea groups is 1. The molecular formula is C21H22FN5O2. The predicted molar refractivity (Wildman–Crippen MR) is 106 cm³/mol. The minimum absolute atomic E-state index is 0.168. The third-order valence-electron chi connectivity index (χ3n) is 5.24. The van der Waals surface area contributed by atoms with E-state index in [1.807, 2.05) is 42.3 Å². The van der Waals surface area contributed by atoms with Crippen LogP contribution < -0.4 is 5.32 Å². The molecular weight excluding hydrogens is 373 g/mol. The van der Waals surface area contributed by atoms with Gasteiger partial charge in [0.05, 0.1) is 0 Å². The first-order valence-corrected chi connectivity index (χ1v) is 9.36. The van der Waals surface area contributed by atoms with E-state index in [1.165, 1.54) is 11.0 Å². The van der Waals surface area contributed by atoms with Crippen molar-refractivity contribution in [2.45, 2.75) is 25.3 Å². The summed E-state index contributed by atoms with van der Waals surface area (Å²) in [6, 6.07) is 15.1. The number of amides is 3. The molecule has 2 unspecified atom stereocenters. The van der Waals surface area contributed by atoms with Crippen LogP contribution in [0.5, 0.6) is 0 Å². The van der Waals surface area contributed by atoms with Crippen LogP contribution in [0.4, 0.5) is 9.18 Å². The smallest absolute Gasteiger partial charge is 0.325 e. The quantitative estimate of drug-likeness (QED) is 0.860. The van der Waals surface area contributed by atoms with Crippen molar-refractivity contribution < 1.29 is 14.0 Å². The van der Waals surface area contributed by atoms with Gasteiger partial charge in [-0.1, -0.05) is 48.5 Å². The predicted octanol–water partition coefficient (Wildman–Crippen LogP) is 2.01. The van der Waals surface area contributed by atoms with Gasteiger partial charge >= 0.3 is 6.03 Å². The van der Waals surface area contributed by atoms with Crippen LogP contribution in [0.25, 0.3) is 0 Å². The van der Waals surface area contributed by atoms with Gasteiger partial charge in [0.1, 0.15) is 5.82 Å². The maximum absolute atomic E-state index is 14.3. The van der Waals surface area contributed by atoms with Gasteiger partial charge in [0, 0.05) is 32.7 Å². The van der Waals surface area contributed by atoms with Crippen LogP contribution in [0.3, 0.4) is 0 Å². The van der Waals surface area contributed by atoms with Gasteiger partial charge in [0.2, 0.25) is 0 Å². The molecule has 2 aromatic carbocycles. The minimum atomic E-state index is -0.717. The Morgan fingerprint density at radius 2 is 1.79 bits per heavy atom. The Kier molecular flexibility index (Phi) is 4.92. The fourth-order valence-corrected chi connectivity index (χ4v) is 3.74. The third kappa shape index (κ3) is 3.53. The molecule has 2 aliphatic rings. The van der Waals surface area contributed by atoms with Crippen molar-refractivity contribution in [1.29, 1.82) is 0 Å². The van der Waals surface area contributed by atoms with Crippen LogP contribution in [0.2, 0.25) is 0 Å². The van der Waals surface area contributed by atoms with E-state index in [2.05, 4.69) is 10.3 Å². The van der Waals surface area contributed by atoms with Crippen molar-refractivity contribution in [2.75, 3.05) is 14.1 Å². The molecule has 0 bridgehead atoms. The number of halogens is 1. The van der Waals surface area contributed by atoms with Gasteiger partial charge in [-0.3, -0.25) is 10.1 Å². The molecule has 2 atom stereocenters. The minimum Gasteiger partial charge on any atom is -0.341 e. The number of carbonyl (C=O) groups excluding carboxylic acids is 2. The summed E-state index contributed by atoms with van der Waals surface area (Å²) in [5.74, 6) is -0.230. The number of imide groups is 1. The van der Waals surface area contributed by atoms with E-state index >= 15 is 0 Å². The molecule has 0 saturated carbocycles. The molecule has 0 radical (unpaired) electrons. The molecule has 1 saturated heterocycles. The number of fused-ring (bicyclic) bond motifs is 1. The number of likely N-dealkylation sites (N-methyl/N-ethyl adjacent to an activating group) is 1. The molecule has 4 rings (SSSR count). The summed E-state index contributed by atoms with van der Waals surface area (Å²) in [5.41, 5.74) is 1.54. The maximum atomic E-state index is 14.3. The normalized spacial score (nSPS) is 21.0. The molecule has 0 aliphatic carbocycles. The fourth-order valence-electron chi connectivity index (χ4n) is 3.74. The second kappa shape index (κ2) is 7.54. The van der Waals surface area contributed by atoms with Crippen LogP contribution >= 0.6 is 0 Å². The molecule has 1 fully saturated rings. The first-order chi connectivity index (χ1) is 14.0. The zero-order chi connectivity index (χ0) is 20.5. The lowest BCUT2D eigenvalue weighted by atomic mass is 10.1. The molecule has 2 heterocycles. The van der Waals surface area contributed by atoms with Crippen molar-refractivity contribution in [1.82, 2.24) is 20.0 Å². The van der Waals surface area contributed by atoms with E-state index in [0.717, 1.165) is 5.56 Å². The largest absolute Gasteiger partial charge is 0.341 e. The maximum Gasteiger partial charge on any atom is 0.325 e. The highest BCUT2D eigenvalue weighted by Gasteiger charge is 2.49. The van der Waals surface area contributed by atoms with Crippen molar-refractivity contribution in [2.24, 2.45) is 4.99 Å². The number of nitrogens with one attached hydrogen (secondary N) is 1. The number of hydrogen-bond acceptors (Lipinski definition) is 5. The summed E-state index contributed by atoms with van der Waals surface area (Å²) >= 11 is 0. The number of hydrogen-bond donors (Lipinski definition) is 1. The molecule has 7 nitrogen and oxygen atoms in total. The van der Waals surface area contributed by atoms with E-state index in [0.29, 0.717) is 18.1 Å². The van der Waals surface area contributed by atoms with Gasteiger partial charge in [-0.25, -0.2) is 14.2 Å². The topological polar surface area (TPSA) is 68.2 Å². The van der Waals surface area contributed by atoms with Gasteiger partial charge in [-0.2, -0.15) is 0 Å². The van der Waals surface area contributed by atoms with E-state index in [9.17, 15) is 14.0 Å². The molecule has 150 valence electrons. The summed E-state index contributed by atoms with van der Waals surface area (Å²) in [5, 5.41) is 2.36. The number of carbonyl (C=O) groups is 2. The number of rotatable bonds is 4. The highest BCUT2D eigenvalue weighted by atomic mass is 19.1. The van der Waals surface area contributed by atoms with Gasteiger partial charge < -0.3 is 14.7 Å². The first-order valence-electron chi connectivity index (χ1n) is 9.36. The molecule has 3 amide bonds. The Morgan fingerprint density at radius 3 is 2.52 bits per heavy atom. The Bertz CT molecular complexity index is 965. The monoisotopic (exact) mass is 395 g/mol. The van der Waals surface area contributed by atoms with Crippen LogP contribution in [-0.4, -0.2) is 58.9 Å². The van der Waals surface area contributed by atoms with Crippen LogP contribution in [-0.2, 0) is 17.9 Å². The van der Waals surface area contributed by atoms with Gasteiger partial charge in [0.15, 0.2) is 18.2 Å². The van der Waals surface area contributed by atoms with Crippen molar-refractivity contribution in [3.8, 4) is 0 Å². The molecule has 0 spiro atoms. The molecule has 2 aromatic rings. The summed E-state index contributed by atoms with van der Waals surface area (Å²) in [7, 11) is 3.47. The zero-order valence-electron chi connectivity index (χ0n) is 16.2. The number of nitrogens with zero attached hydrogens (tertiary/aromatic N) is 4. The Hall–Kier alpha value is -3.42. The van der Waals surface area contributed by atoms with Crippen molar-refractivity contribution >= 4 is 17.9 Å². The summed E-state index contributed by atoms with van der Waals surface area (Å²) < 4.78 is 14.3. The highest BCUT2D eigenvalue weighted by molar-refractivity contribution is 6.03. The SMILES string of the molecule is CN(Cc1ccccc1)C1=NC2C(C(=O)NC(=O)N2C)N1Cc1ccccc1F. The summed E-state index contributed by atoms with van der Waals surface area (Å²) in [6.07, 6.45) is -0.656.